The minimum absolute atomic E-state index is 0.0550. The van der Waals surface area contributed by atoms with Crippen molar-refractivity contribution in [2.24, 2.45) is 9.98 Å². The summed E-state index contributed by atoms with van der Waals surface area (Å²) in [4.78, 5) is 6.09. The molecule has 16 heavy (non-hydrogen) atoms. The highest BCUT2D eigenvalue weighted by Gasteiger charge is 2.43. The fourth-order valence-corrected chi connectivity index (χ4v) is 2.31. The summed E-state index contributed by atoms with van der Waals surface area (Å²) in [6.07, 6.45) is 1.31. The van der Waals surface area contributed by atoms with E-state index in [0.29, 0.717) is 10.7 Å². The first-order valence-corrected chi connectivity index (χ1v) is 6.05. The first-order valence-electron chi connectivity index (χ1n) is 4.61. The fourth-order valence-electron chi connectivity index (χ4n) is 1.55. The van der Waals surface area contributed by atoms with Crippen LogP contribution < -0.4 is 10.7 Å². The average Bonchev–Trinajstić information content (AvgIpc) is 2.56. The predicted molar refractivity (Wildman–Crippen MR) is 57.8 cm³/mol. The van der Waals surface area contributed by atoms with Crippen LogP contribution in [0.5, 0.6) is 0 Å². The Morgan fingerprint density at radius 1 is 1.31 bits per heavy atom. The summed E-state index contributed by atoms with van der Waals surface area (Å²) < 4.78 is 31.9. The Bertz CT molecular complexity index is 614. The zero-order valence-corrected chi connectivity index (χ0v) is 9.18. The van der Waals surface area contributed by atoms with Gasteiger partial charge in [0, 0.05) is 6.42 Å². The summed E-state index contributed by atoms with van der Waals surface area (Å²) in [6, 6.07) is 6.75. The molecular weight excluding hydrogens is 228 g/mol. The van der Waals surface area contributed by atoms with Crippen LogP contribution in [0.15, 0.2) is 46.9 Å². The topological polar surface area (TPSA) is 79.1 Å². The third-order valence-corrected chi connectivity index (χ3v) is 3.47. The van der Waals surface area contributed by atoms with E-state index in [0.717, 1.165) is 0 Å². The normalized spacial score (nSPS) is 17.1. The number of fused-ring (bicyclic) bond motifs is 1. The highest BCUT2D eigenvalue weighted by molar-refractivity contribution is 7.87. The fraction of sp³-hybridized carbons (Fsp3) is 0.200. The molecule has 0 aliphatic carbocycles. The van der Waals surface area contributed by atoms with Crippen LogP contribution in [-0.2, 0) is 10.1 Å². The molecule has 0 unspecified atom stereocenters. The number of hydrogen-bond acceptors (Lipinski definition) is 4. The number of nitrogens with zero attached hydrogens (tertiary/aromatic N) is 2. The summed E-state index contributed by atoms with van der Waals surface area (Å²) in [5, 5.41) is 0.920. The van der Waals surface area contributed by atoms with Gasteiger partial charge in [-0.1, -0.05) is 18.2 Å². The van der Waals surface area contributed by atoms with Gasteiger partial charge in [-0.05, 0) is 12.1 Å². The number of rotatable bonds is 3. The van der Waals surface area contributed by atoms with Gasteiger partial charge in [-0.2, -0.15) is 8.42 Å². The SMILES string of the molecule is C=CCC1(S(=O)(=O)O)N=c2ccccc2=N1. The van der Waals surface area contributed by atoms with E-state index in [1.807, 2.05) is 0 Å². The molecule has 2 rings (SSSR count). The molecular formula is C10H10N2O3S. The van der Waals surface area contributed by atoms with E-state index < -0.39 is 15.1 Å². The molecule has 0 aromatic heterocycles. The first kappa shape index (κ1) is 11.0. The zero-order chi connectivity index (χ0) is 11.8. The second-order valence-corrected chi connectivity index (χ2v) is 5.03. The molecule has 0 spiro atoms. The maximum Gasteiger partial charge on any atom is 0.313 e. The van der Waals surface area contributed by atoms with Crippen LogP contribution in [0.3, 0.4) is 0 Å². The molecule has 6 heteroatoms. The Kier molecular flexibility index (Phi) is 2.40. The lowest BCUT2D eigenvalue weighted by molar-refractivity contribution is 0.429. The van der Waals surface area contributed by atoms with Gasteiger partial charge in [0.2, 0.25) is 0 Å². The van der Waals surface area contributed by atoms with Gasteiger partial charge in [-0.15, -0.1) is 6.58 Å². The molecule has 0 radical (unpaired) electrons. The van der Waals surface area contributed by atoms with Gasteiger partial charge in [0.1, 0.15) is 0 Å². The largest absolute Gasteiger partial charge is 0.313 e. The van der Waals surface area contributed by atoms with Crippen molar-refractivity contribution < 1.29 is 13.0 Å². The Hall–Kier alpha value is -1.53. The van der Waals surface area contributed by atoms with Gasteiger partial charge in [0.25, 0.3) is 4.99 Å². The lowest BCUT2D eigenvalue weighted by atomic mass is 10.3. The van der Waals surface area contributed by atoms with Crippen molar-refractivity contribution in [1.82, 2.24) is 0 Å². The third-order valence-electron chi connectivity index (χ3n) is 2.30. The second kappa shape index (κ2) is 3.50. The zero-order valence-electron chi connectivity index (χ0n) is 8.37. The molecule has 1 aromatic carbocycles. The smallest absolute Gasteiger partial charge is 0.282 e. The molecule has 1 N–H and O–H groups in total. The van der Waals surface area contributed by atoms with Crippen molar-refractivity contribution >= 4 is 10.1 Å². The predicted octanol–water partition coefficient (Wildman–Crippen LogP) is 0.0571. The maximum atomic E-state index is 11.3. The first-order chi connectivity index (χ1) is 7.48. The van der Waals surface area contributed by atoms with Crippen LogP contribution in [0.25, 0.3) is 0 Å². The van der Waals surface area contributed by atoms with E-state index in [1.54, 1.807) is 24.3 Å². The van der Waals surface area contributed by atoms with Gasteiger partial charge >= 0.3 is 10.1 Å². The van der Waals surface area contributed by atoms with E-state index in [-0.39, 0.29) is 6.42 Å². The molecule has 1 aliphatic rings. The minimum Gasteiger partial charge on any atom is -0.282 e. The van der Waals surface area contributed by atoms with E-state index in [1.165, 1.54) is 6.08 Å². The lowest BCUT2D eigenvalue weighted by Gasteiger charge is -2.16. The Morgan fingerprint density at radius 2 is 1.81 bits per heavy atom. The quantitative estimate of drug-likeness (QED) is 0.597. The molecule has 84 valence electrons. The summed E-state index contributed by atoms with van der Waals surface area (Å²) >= 11 is 0. The third kappa shape index (κ3) is 1.56. The molecule has 0 bridgehead atoms. The maximum absolute atomic E-state index is 11.3. The Balaban J connectivity index is 2.74. The highest BCUT2D eigenvalue weighted by atomic mass is 32.2. The Morgan fingerprint density at radius 3 is 2.19 bits per heavy atom. The van der Waals surface area contributed by atoms with Gasteiger partial charge in [0.05, 0.1) is 10.7 Å². The highest BCUT2D eigenvalue weighted by Crippen LogP contribution is 2.25. The molecule has 0 atom stereocenters. The molecule has 0 saturated heterocycles. The van der Waals surface area contributed by atoms with Gasteiger partial charge in [-0.25, -0.2) is 9.98 Å². The summed E-state index contributed by atoms with van der Waals surface area (Å²) in [6.45, 7) is 3.45. The van der Waals surface area contributed by atoms with Crippen LogP contribution in [0.2, 0.25) is 0 Å². The van der Waals surface area contributed by atoms with E-state index in [2.05, 4.69) is 16.6 Å². The van der Waals surface area contributed by atoms with E-state index in [4.69, 9.17) is 0 Å². The summed E-state index contributed by atoms with van der Waals surface area (Å²) in [5.41, 5.74) is 0. The van der Waals surface area contributed by atoms with Crippen molar-refractivity contribution in [3.05, 3.63) is 47.6 Å². The Labute approximate surface area is 92.6 Å². The average molecular weight is 238 g/mol. The lowest BCUT2D eigenvalue weighted by Crippen LogP contribution is -2.33. The summed E-state index contributed by atoms with van der Waals surface area (Å²) in [7, 11) is -4.40. The monoisotopic (exact) mass is 238 g/mol. The van der Waals surface area contributed by atoms with Gasteiger partial charge in [-0.3, -0.25) is 4.55 Å². The van der Waals surface area contributed by atoms with Crippen molar-refractivity contribution in [3.8, 4) is 0 Å². The number of para-hydroxylation sites is 2. The van der Waals surface area contributed by atoms with E-state index in [9.17, 15) is 13.0 Å². The van der Waals surface area contributed by atoms with Crippen LogP contribution >= 0.6 is 0 Å². The van der Waals surface area contributed by atoms with Crippen LogP contribution in [0.1, 0.15) is 6.42 Å². The van der Waals surface area contributed by atoms with Gasteiger partial charge < -0.3 is 0 Å². The molecule has 0 amide bonds. The molecule has 1 heterocycles. The molecule has 1 aliphatic heterocycles. The van der Waals surface area contributed by atoms with Crippen molar-refractivity contribution in [1.29, 1.82) is 0 Å². The van der Waals surface area contributed by atoms with Crippen LogP contribution in [0, 0.1) is 0 Å². The van der Waals surface area contributed by atoms with Crippen molar-refractivity contribution in [2.75, 3.05) is 0 Å². The minimum atomic E-state index is -4.40. The molecule has 5 nitrogen and oxygen atoms in total. The molecule has 0 saturated carbocycles. The second-order valence-electron chi connectivity index (χ2n) is 3.42. The molecule has 0 fully saturated rings. The van der Waals surface area contributed by atoms with Crippen LogP contribution in [-0.4, -0.2) is 18.0 Å². The standard InChI is InChI=1S/C10H10N2O3S/c1-2-7-10(16(13,14)15)11-8-5-3-4-6-9(8)12-10/h2-6H,1,7H2,(H,13,14,15). The van der Waals surface area contributed by atoms with Crippen LogP contribution in [0.4, 0.5) is 0 Å². The number of hydrogen-bond donors (Lipinski definition) is 1. The van der Waals surface area contributed by atoms with Crippen molar-refractivity contribution in [2.45, 2.75) is 11.4 Å². The van der Waals surface area contributed by atoms with Crippen molar-refractivity contribution in [3.63, 3.8) is 0 Å². The van der Waals surface area contributed by atoms with Gasteiger partial charge in [0.15, 0.2) is 0 Å². The summed E-state index contributed by atoms with van der Waals surface area (Å²) in [5.74, 6) is 0. The molecule has 1 aromatic rings. The number of benzene rings is 1. The van der Waals surface area contributed by atoms with E-state index >= 15 is 0 Å².